The monoisotopic (exact) mass is 219 g/mol. The summed E-state index contributed by atoms with van der Waals surface area (Å²) in [6.45, 7) is 1.84. The first-order chi connectivity index (χ1) is 7.66. The zero-order valence-electron chi connectivity index (χ0n) is 8.65. The summed E-state index contributed by atoms with van der Waals surface area (Å²) in [6, 6.07) is 0. The second-order valence-electron chi connectivity index (χ2n) is 3.96. The summed E-state index contributed by atoms with van der Waals surface area (Å²) in [6.07, 6.45) is 3.37. The van der Waals surface area contributed by atoms with E-state index in [1.54, 1.807) is 6.20 Å². The van der Waals surface area contributed by atoms with Gasteiger partial charge in [-0.25, -0.2) is 4.39 Å². The van der Waals surface area contributed by atoms with Crippen LogP contribution in [0.2, 0.25) is 0 Å². The summed E-state index contributed by atoms with van der Waals surface area (Å²) in [5.41, 5.74) is 2.32. The Morgan fingerprint density at radius 2 is 2.19 bits per heavy atom. The fourth-order valence-corrected chi connectivity index (χ4v) is 2.16. The molecule has 5 heteroatoms. The second-order valence-corrected chi connectivity index (χ2v) is 3.96. The molecule has 0 aromatic carbocycles. The number of rotatable bonds is 0. The Balaban J connectivity index is 2.44. The van der Waals surface area contributed by atoms with Crippen LogP contribution in [-0.2, 0) is 0 Å². The molecule has 0 unspecified atom stereocenters. The van der Waals surface area contributed by atoms with Crippen molar-refractivity contribution in [2.24, 2.45) is 0 Å². The van der Waals surface area contributed by atoms with Crippen LogP contribution in [0.3, 0.4) is 0 Å². The molecule has 1 aromatic heterocycles. The fraction of sp³-hybridized carbons (Fsp3) is 0.182. The topological polar surface area (TPSA) is 60.7 Å². The van der Waals surface area contributed by atoms with Crippen molar-refractivity contribution in [1.82, 2.24) is 15.5 Å². The highest BCUT2D eigenvalue weighted by Gasteiger charge is 2.20. The molecule has 2 heterocycles. The normalized spacial score (nSPS) is 18.4. The van der Waals surface area contributed by atoms with Gasteiger partial charge in [-0.05, 0) is 18.6 Å². The van der Waals surface area contributed by atoms with Crippen molar-refractivity contribution >= 4 is 11.8 Å². The van der Waals surface area contributed by atoms with Gasteiger partial charge >= 0.3 is 0 Å². The Morgan fingerprint density at radius 3 is 3.00 bits per heavy atom. The number of hydrogen-bond donors (Lipinski definition) is 3. The lowest BCUT2D eigenvalue weighted by Crippen LogP contribution is -2.41. The number of halogens is 1. The molecule has 0 atom stereocenters. The zero-order chi connectivity index (χ0) is 11.3. The Bertz CT molecular complexity index is 702. The highest BCUT2D eigenvalue weighted by atomic mass is 19.1. The van der Waals surface area contributed by atoms with Crippen molar-refractivity contribution in [3.63, 3.8) is 0 Å². The Hall–Kier alpha value is -2.04. The Kier molecular flexibility index (Phi) is 1.71. The Labute approximate surface area is 89.9 Å². The van der Waals surface area contributed by atoms with Gasteiger partial charge in [-0.3, -0.25) is 15.0 Å². The third kappa shape index (κ3) is 1.11. The number of fused-ring (bicyclic) bond motifs is 2. The number of allylic oxidation sites excluding steroid dienone is 4. The van der Waals surface area contributed by atoms with Gasteiger partial charge in [-0.15, -0.1) is 0 Å². The van der Waals surface area contributed by atoms with Crippen LogP contribution < -0.4 is 21.4 Å². The molecule has 0 fully saturated rings. The standard InChI is InChI=1S/C11H10FN3O/c1-5-2-6(12)3-7-9(5)13-4-8-10(7)14-15-11(8)16/h2,4,13-14H,3H2,1H3,(H,15,16). The molecule has 0 spiro atoms. The molecule has 0 saturated carbocycles. The maximum Gasteiger partial charge on any atom is 0.273 e. The van der Waals surface area contributed by atoms with Crippen LogP contribution in [-0.4, -0.2) is 10.2 Å². The van der Waals surface area contributed by atoms with E-state index in [4.69, 9.17) is 0 Å². The van der Waals surface area contributed by atoms with Crippen molar-refractivity contribution in [3.8, 4) is 0 Å². The number of nitrogens with one attached hydrogen (secondary N) is 3. The first kappa shape index (κ1) is 9.21. The lowest BCUT2D eigenvalue weighted by atomic mass is 9.96. The number of H-pyrrole nitrogens is 2. The van der Waals surface area contributed by atoms with Crippen molar-refractivity contribution in [3.05, 3.63) is 44.1 Å². The molecule has 0 radical (unpaired) electrons. The lowest BCUT2D eigenvalue weighted by Gasteiger charge is -2.19. The summed E-state index contributed by atoms with van der Waals surface area (Å²) < 4.78 is 13.4. The molecule has 1 aliphatic carbocycles. The van der Waals surface area contributed by atoms with Gasteiger partial charge < -0.3 is 5.32 Å². The molecular weight excluding hydrogens is 209 g/mol. The third-order valence-corrected chi connectivity index (χ3v) is 2.89. The first-order valence-corrected chi connectivity index (χ1v) is 5.00. The minimum atomic E-state index is -0.193. The molecule has 1 aromatic rings. The largest absolute Gasteiger partial charge is 0.360 e. The highest BCUT2D eigenvalue weighted by molar-refractivity contribution is 5.72. The summed E-state index contributed by atoms with van der Waals surface area (Å²) >= 11 is 0. The maximum absolute atomic E-state index is 13.4. The van der Waals surface area contributed by atoms with E-state index < -0.39 is 0 Å². The number of aromatic nitrogens is 2. The molecule has 0 amide bonds. The summed E-state index contributed by atoms with van der Waals surface area (Å²) in [4.78, 5) is 11.4. The van der Waals surface area contributed by atoms with Crippen LogP contribution in [0.1, 0.15) is 13.3 Å². The quantitative estimate of drug-likeness (QED) is 0.562. The van der Waals surface area contributed by atoms with E-state index in [2.05, 4.69) is 15.5 Å². The molecule has 4 nitrogen and oxygen atoms in total. The van der Waals surface area contributed by atoms with Crippen LogP contribution in [0, 0.1) is 0 Å². The van der Waals surface area contributed by atoms with Gasteiger partial charge in [0.25, 0.3) is 5.56 Å². The number of hydrogen-bond acceptors (Lipinski definition) is 2. The van der Waals surface area contributed by atoms with Crippen LogP contribution in [0.15, 0.2) is 28.0 Å². The van der Waals surface area contributed by atoms with E-state index in [1.807, 2.05) is 6.92 Å². The SMILES string of the molecule is CC1=C2NC=c3c(=O)[nH][nH]c3=C2CC(F)=C1. The van der Waals surface area contributed by atoms with Crippen molar-refractivity contribution in [2.45, 2.75) is 13.3 Å². The minimum Gasteiger partial charge on any atom is -0.360 e. The lowest BCUT2D eigenvalue weighted by molar-refractivity contribution is 0.614. The van der Waals surface area contributed by atoms with Gasteiger partial charge in [0.05, 0.1) is 10.6 Å². The van der Waals surface area contributed by atoms with E-state index in [0.29, 0.717) is 10.6 Å². The molecule has 0 bridgehead atoms. The maximum atomic E-state index is 13.4. The van der Waals surface area contributed by atoms with Gasteiger partial charge in [-0.2, -0.15) is 0 Å². The highest BCUT2D eigenvalue weighted by Crippen LogP contribution is 2.28. The molecule has 2 aliphatic rings. The second kappa shape index (κ2) is 2.98. The van der Waals surface area contributed by atoms with Crippen LogP contribution in [0.25, 0.3) is 11.8 Å². The zero-order valence-corrected chi connectivity index (χ0v) is 8.65. The van der Waals surface area contributed by atoms with Crippen LogP contribution in [0.4, 0.5) is 4.39 Å². The van der Waals surface area contributed by atoms with E-state index in [1.165, 1.54) is 6.08 Å². The Morgan fingerprint density at radius 1 is 1.38 bits per heavy atom. The van der Waals surface area contributed by atoms with Crippen molar-refractivity contribution in [2.75, 3.05) is 0 Å². The van der Waals surface area contributed by atoms with Crippen molar-refractivity contribution < 1.29 is 4.39 Å². The summed E-state index contributed by atoms with van der Waals surface area (Å²) in [7, 11) is 0. The van der Waals surface area contributed by atoms with E-state index in [0.717, 1.165) is 16.8 Å². The van der Waals surface area contributed by atoms with E-state index in [9.17, 15) is 9.18 Å². The van der Waals surface area contributed by atoms with Gasteiger partial charge in [-0.1, -0.05) is 0 Å². The molecule has 16 heavy (non-hydrogen) atoms. The van der Waals surface area contributed by atoms with E-state index in [-0.39, 0.29) is 17.8 Å². The predicted molar refractivity (Wildman–Crippen MR) is 58.2 cm³/mol. The first-order valence-electron chi connectivity index (χ1n) is 5.00. The van der Waals surface area contributed by atoms with Gasteiger partial charge in [0, 0.05) is 23.9 Å². The fourth-order valence-electron chi connectivity index (χ4n) is 2.16. The van der Waals surface area contributed by atoms with Crippen LogP contribution in [0.5, 0.6) is 0 Å². The van der Waals surface area contributed by atoms with Crippen molar-refractivity contribution in [1.29, 1.82) is 0 Å². The number of aromatic amines is 2. The molecule has 0 saturated heterocycles. The third-order valence-electron chi connectivity index (χ3n) is 2.89. The minimum absolute atomic E-state index is 0.187. The average molecular weight is 219 g/mol. The molecule has 82 valence electrons. The molecular formula is C11H10FN3O. The van der Waals surface area contributed by atoms with Gasteiger partial charge in [0.1, 0.15) is 5.83 Å². The smallest absolute Gasteiger partial charge is 0.273 e. The molecule has 1 aliphatic heterocycles. The predicted octanol–water partition coefficient (Wildman–Crippen LogP) is -0.274. The summed E-state index contributed by atoms with van der Waals surface area (Å²) in [5, 5.41) is 9.55. The van der Waals surface area contributed by atoms with Gasteiger partial charge in [0.15, 0.2) is 0 Å². The molecule has 3 rings (SSSR count). The van der Waals surface area contributed by atoms with Crippen LogP contribution >= 0.6 is 0 Å². The molecule has 3 N–H and O–H groups in total. The average Bonchev–Trinajstić information content (AvgIpc) is 2.60. The van der Waals surface area contributed by atoms with Gasteiger partial charge in [0.2, 0.25) is 0 Å². The van der Waals surface area contributed by atoms with E-state index >= 15 is 0 Å². The summed E-state index contributed by atoms with van der Waals surface area (Å²) in [5.74, 6) is -0.187.